The third-order valence-electron chi connectivity index (χ3n) is 9.14. The molecule has 1 atom stereocenters. The molecule has 2 N–H and O–H groups in total. The molecule has 0 bridgehead atoms. The summed E-state index contributed by atoms with van der Waals surface area (Å²) in [5.74, 6) is 2.12. The van der Waals surface area contributed by atoms with Crippen molar-refractivity contribution in [1.29, 1.82) is 0 Å². The van der Waals surface area contributed by atoms with Gasteiger partial charge in [-0.2, -0.15) is 0 Å². The molecule has 3 aliphatic rings. The zero-order chi connectivity index (χ0) is 33.2. The Morgan fingerprint density at radius 2 is 1.28 bits per heavy atom. The second kappa shape index (κ2) is 16.4. The normalized spacial score (nSPS) is 17.0. The minimum absolute atomic E-state index is 0.260. The van der Waals surface area contributed by atoms with E-state index in [1.807, 2.05) is 0 Å². The molecule has 0 saturated heterocycles. The van der Waals surface area contributed by atoms with Gasteiger partial charge < -0.3 is 39.0 Å². The Labute approximate surface area is 270 Å². The van der Waals surface area contributed by atoms with E-state index in [0.717, 1.165) is 80.9 Å². The molecule has 1 aliphatic heterocycles. The predicted octanol–water partition coefficient (Wildman–Crippen LogP) is 4.19. The van der Waals surface area contributed by atoms with E-state index in [0.29, 0.717) is 24.5 Å². The molecular weight excluding hydrogens is 592 g/mol. The Morgan fingerprint density at radius 1 is 0.783 bits per heavy atom. The largest absolute Gasteiger partial charge is 0.493 e. The van der Waals surface area contributed by atoms with Gasteiger partial charge in [-0.25, -0.2) is 9.59 Å². The van der Waals surface area contributed by atoms with Gasteiger partial charge in [0, 0.05) is 57.2 Å². The first kappa shape index (κ1) is 34.6. The Bertz CT molecular complexity index is 1370. The molecule has 1 fully saturated rings. The van der Waals surface area contributed by atoms with E-state index < -0.39 is 11.9 Å². The zero-order valence-corrected chi connectivity index (χ0v) is 27.3. The molecule has 5 rings (SSSR count). The van der Waals surface area contributed by atoms with Crippen molar-refractivity contribution in [3.8, 4) is 23.0 Å². The van der Waals surface area contributed by atoms with E-state index in [4.69, 9.17) is 29.2 Å². The average molecular weight is 639 g/mol. The van der Waals surface area contributed by atoms with Crippen LogP contribution in [0.1, 0.15) is 53.9 Å². The summed E-state index contributed by atoms with van der Waals surface area (Å²) < 4.78 is 22.0. The highest BCUT2D eigenvalue weighted by Gasteiger charge is 2.32. The van der Waals surface area contributed by atoms with Crippen LogP contribution >= 0.6 is 0 Å². The number of aliphatic carboxylic acids is 2. The highest BCUT2D eigenvalue weighted by Crippen LogP contribution is 2.43. The molecule has 250 valence electrons. The smallest absolute Gasteiger partial charge is 0.328 e. The molecule has 0 unspecified atom stereocenters. The topological polar surface area (TPSA) is 135 Å². The third kappa shape index (κ3) is 8.93. The van der Waals surface area contributed by atoms with Crippen molar-refractivity contribution in [2.75, 3.05) is 61.2 Å². The molecule has 1 heterocycles. The van der Waals surface area contributed by atoms with Crippen LogP contribution in [0.15, 0.2) is 36.4 Å². The van der Waals surface area contributed by atoms with Crippen LogP contribution in [0.4, 0.5) is 0 Å². The van der Waals surface area contributed by atoms with Crippen LogP contribution in [0, 0.1) is 5.92 Å². The highest BCUT2D eigenvalue weighted by molar-refractivity contribution is 5.89. The lowest BCUT2D eigenvalue weighted by Gasteiger charge is -2.38. The summed E-state index contributed by atoms with van der Waals surface area (Å²) in [6.45, 7) is 4.41. The summed E-state index contributed by atoms with van der Waals surface area (Å²) in [6, 6.07) is 8.41. The molecular formula is C35H46N2O9. The molecule has 0 aromatic heterocycles. The minimum atomic E-state index is -1.26. The minimum Gasteiger partial charge on any atom is -0.493 e. The number of carboxylic acids is 2. The molecule has 11 nitrogen and oxygen atoms in total. The van der Waals surface area contributed by atoms with Crippen LogP contribution in [-0.4, -0.2) is 99.0 Å². The Kier molecular flexibility index (Phi) is 12.3. The van der Waals surface area contributed by atoms with E-state index in [2.05, 4.69) is 34.1 Å². The van der Waals surface area contributed by atoms with Crippen LogP contribution in [0.5, 0.6) is 23.0 Å². The number of amides is 1. The number of benzene rings is 2. The second-order valence-corrected chi connectivity index (χ2v) is 12.0. The summed E-state index contributed by atoms with van der Waals surface area (Å²) in [6.07, 6.45) is 8.40. The molecule has 2 aromatic rings. The molecule has 2 aliphatic carbocycles. The number of methoxy groups -OCH3 is 4. The van der Waals surface area contributed by atoms with Gasteiger partial charge in [-0.3, -0.25) is 4.79 Å². The monoisotopic (exact) mass is 638 g/mol. The summed E-state index contributed by atoms with van der Waals surface area (Å²) in [4.78, 5) is 37.1. The fourth-order valence-electron chi connectivity index (χ4n) is 6.37. The van der Waals surface area contributed by atoms with Crippen molar-refractivity contribution in [2.45, 2.75) is 50.9 Å². The van der Waals surface area contributed by atoms with Crippen molar-refractivity contribution >= 4 is 17.8 Å². The molecule has 2 aromatic carbocycles. The number of hydrogen-bond donors (Lipinski definition) is 2. The number of rotatable bonds is 13. The van der Waals surface area contributed by atoms with Crippen LogP contribution in [0.3, 0.4) is 0 Å². The maximum atomic E-state index is 13.4. The van der Waals surface area contributed by atoms with E-state index in [1.54, 1.807) is 28.4 Å². The number of carboxylic acid groups (broad SMARTS) is 2. The van der Waals surface area contributed by atoms with Gasteiger partial charge in [-0.1, -0.05) is 6.42 Å². The number of ether oxygens (including phenoxy) is 4. The lowest BCUT2D eigenvalue weighted by Crippen LogP contribution is -2.41. The maximum Gasteiger partial charge on any atom is 0.328 e. The number of carbonyl (C=O) groups is 3. The lowest BCUT2D eigenvalue weighted by atomic mass is 9.76. The zero-order valence-electron chi connectivity index (χ0n) is 27.3. The lowest BCUT2D eigenvalue weighted by molar-refractivity contribution is -0.134. The quantitative estimate of drug-likeness (QED) is 0.308. The molecule has 11 heteroatoms. The van der Waals surface area contributed by atoms with Gasteiger partial charge in [0.15, 0.2) is 23.0 Å². The Balaban J connectivity index is 0.000000533. The summed E-state index contributed by atoms with van der Waals surface area (Å²) in [5.41, 5.74) is 5.22. The predicted molar refractivity (Wildman–Crippen MR) is 172 cm³/mol. The Morgan fingerprint density at radius 3 is 1.74 bits per heavy atom. The molecule has 1 saturated carbocycles. The van der Waals surface area contributed by atoms with Crippen molar-refractivity contribution in [2.24, 2.45) is 5.92 Å². The van der Waals surface area contributed by atoms with Crippen molar-refractivity contribution in [3.05, 3.63) is 58.7 Å². The molecule has 1 amide bonds. The number of hydrogen-bond acceptors (Lipinski definition) is 8. The van der Waals surface area contributed by atoms with Crippen molar-refractivity contribution in [3.63, 3.8) is 0 Å². The van der Waals surface area contributed by atoms with Gasteiger partial charge >= 0.3 is 11.9 Å². The van der Waals surface area contributed by atoms with Gasteiger partial charge in [0.2, 0.25) is 5.91 Å². The van der Waals surface area contributed by atoms with Gasteiger partial charge in [0.05, 0.1) is 28.4 Å². The first-order chi connectivity index (χ1) is 22.1. The van der Waals surface area contributed by atoms with Gasteiger partial charge in [-0.15, -0.1) is 0 Å². The van der Waals surface area contributed by atoms with Crippen LogP contribution in [-0.2, 0) is 33.6 Å². The second-order valence-electron chi connectivity index (χ2n) is 12.0. The maximum absolute atomic E-state index is 13.4. The third-order valence-corrected chi connectivity index (χ3v) is 9.14. The van der Waals surface area contributed by atoms with E-state index >= 15 is 0 Å². The van der Waals surface area contributed by atoms with Crippen molar-refractivity contribution < 1.29 is 43.5 Å². The summed E-state index contributed by atoms with van der Waals surface area (Å²) >= 11 is 0. The number of nitrogens with zero attached hydrogens (tertiary/aromatic N) is 2. The van der Waals surface area contributed by atoms with Gasteiger partial charge in [-0.05, 0) is 84.5 Å². The fraction of sp³-hybridized carbons (Fsp3) is 0.514. The van der Waals surface area contributed by atoms with Crippen molar-refractivity contribution in [1.82, 2.24) is 9.80 Å². The summed E-state index contributed by atoms with van der Waals surface area (Å²) in [5, 5.41) is 15.6. The first-order valence-corrected chi connectivity index (χ1v) is 15.8. The average Bonchev–Trinajstić information content (AvgIpc) is 3.23. The molecule has 0 radical (unpaired) electrons. The van der Waals surface area contributed by atoms with E-state index in [1.165, 1.54) is 41.5 Å². The standard InChI is InChI=1S/C31H42N2O5.C4H4O4/c1-35-27-15-22-8-12-33(13-9-23(22)16-28(27)36-2)31(34)10-11-32(19-21-6-5-7-21)20-25-14-24-17-29(37-3)30(38-4)18-26(24)25;5-3(6)1-2-4(7)8/h15-18,21,25H,5-14,19-20H2,1-4H3;1-2H,(H,5,6)(H,7,8)/b;2-1+/t25-;/m1./s1. The molecule has 0 spiro atoms. The van der Waals surface area contributed by atoms with Gasteiger partial charge in [0.1, 0.15) is 0 Å². The van der Waals surface area contributed by atoms with Crippen LogP contribution in [0.25, 0.3) is 0 Å². The van der Waals surface area contributed by atoms with Crippen LogP contribution < -0.4 is 18.9 Å². The summed E-state index contributed by atoms with van der Waals surface area (Å²) in [7, 11) is 6.72. The Hall–Kier alpha value is -4.25. The molecule has 46 heavy (non-hydrogen) atoms. The highest BCUT2D eigenvalue weighted by atomic mass is 16.5. The van der Waals surface area contributed by atoms with E-state index in [-0.39, 0.29) is 5.91 Å². The SMILES string of the molecule is COc1cc2c(cc1OC)CCN(C(=O)CCN(CC1CCC1)C[C@H]1Cc3cc(OC)c(OC)cc31)CC2.O=C(O)/C=C/C(=O)O. The number of carbonyl (C=O) groups excluding carboxylic acids is 1. The first-order valence-electron chi connectivity index (χ1n) is 15.8. The van der Waals surface area contributed by atoms with E-state index in [9.17, 15) is 14.4 Å². The van der Waals surface area contributed by atoms with Crippen LogP contribution in [0.2, 0.25) is 0 Å². The fourth-order valence-corrected chi connectivity index (χ4v) is 6.37. The van der Waals surface area contributed by atoms with Gasteiger partial charge in [0.25, 0.3) is 0 Å². The number of fused-ring (bicyclic) bond motifs is 2.